The summed E-state index contributed by atoms with van der Waals surface area (Å²) in [5, 5.41) is 12.4. The van der Waals surface area contributed by atoms with Gasteiger partial charge in [0.05, 0.1) is 11.8 Å². The molecular weight excluding hydrogens is 470 g/mol. The van der Waals surface area contributed by atoms with E-state index in [1.54, 1.807) is 6.08 Å². The highest BCUT2D eigenvalue weighted by Crippen LogP contribution is 2.34. The highest BCUT2D eigenvalue weighted by Gasteiger charge is 2.34. The van der Waals surface area contributed by atoms with Crippen LogP contribution in [0.2, 0.25) is 0 Å². The second-order valence-electron chi connectivity index (χ2n) is 9.38. The second-order valence-corrected chi connectivity index (χ2v) is 10.3. The van der Waals surface area contributed by atoms with Crippen molar-refractivity contribution in [3.63, 3.8) is 0 Å². The molecule has 4 rings (SSSR count). The molecule has 188 valence electrons. The first kappa shape index (κ1) is 25.7. The highest BCUT2D eigenvalue weighted by atomic mass is 32.2. The van der Waals surface area contributed by atoms with Crippen LogP contribution in [0.15, 0.2) is 66.3 Å². The van der Waals surface area contributed by atoms with Crippen molar-refractivity contribution in [3.05, 3.63) is 83.7 Å². The lowest BCUT2D eigenvalue weighted by Crippen LogP contribution is -2.32. The summed E-state index contributed by atoms with van der Waals surface area (Å²) in [6.07, 6.45) is 3.52. The highest BCUT2D eigenvalue weighted by molar-refractivity contribution is 7.99. The van der Waals surface area contributed by atoms with E-state index in [1.165, 1.54) is 17.3 Å². The number of thioether (sulfide) groups is 1. The van der Waals surface area contributed by atoms with E-state index in [1.807, 2.05) is 64.9 Å². The molecule has 7 nitrogen and oxygen atoms in total. The Bertz CT molecular complexity index is 1230. The first-order chi connectivity index (χ1) is 17.4. The number of nitrogens with one attached hydrogen (secondary N) is 1. The maximum absolute atomic E-state index is 13.3. The molecule has 8 heteroatoms. The Kier molecular flexibility index (Phi) is 8.25. The van der Waals surface area contributed by atoms with E-state index in [0.717, 1.165) is 29.9 Å². The number of benzene rings is 2. The predicted octanol–water partition coefficient (Wildman–Crippen LogP) is 5.60. The molecule has 36 heavy (non-hydrogen) atoms. The molecule has 1 aliphatic rings. The molecule has 0 aliphatic carbocycles. The van der Waals surface area contributed by atoms with Crippen molar-refractivity contribution < 1.29 is 9.59 Å². The Labute approximate surface area is 217 Å². The van der Waals surface area contributed by atoms with Crippen LogP contribution in [0.3, 0.4) is 0 Å². The quantitative estimate of drug-likeness (QED) is 0.304. The first-order valence-electron chi connectivity index (χ1n) is 12.3. The van der Waals surface area contributed by atoms with Crippen LogP contribution in [0.5, 0.6) is 0 Å². The van der Waals surface area contributed by atoms with Crippen molar-refractivity contribution in [2.45, 2.75) is 57.3 Å². The zero-order valence-corrected chi connectivity index (χ0v) is 21.9. The number of hydrogen-bond acceptors (Lipinski definition) is 5. The van der Waals surface area contributed by atoms with Crippen molar-refractivity contribution in [2.24, 2.45) is 0 Å². The summed E-state index contributed by atoms with van der Waals surface area (Å²) < 4.78 is 1.97. The molecule has 2 aromatic carbocycles. The SMILES string of the molecule is C=CCn1c(SCC(=O)Nc2ccc(C(C)C)cc2)nnc1C1CCCN1C(=O)c1cccc(C)c1. The maximum Gasteiger partial charge on any atom is 0.254 e. The van der Waals surface area contributed by atoms with Gasteiger partial charge < -0.3 is 14.8 Å². The monoisotopic (exact) mass is 503 g/mol. The number of likely N-dealkylation sites (tertiary alicyclic amines) is 1. The molecule has 3 aromatic rings. The average molecular weight is 504 g/mol. The first-order valence-corrected chi connectivity index (χ1v) is 13.3. The van der Waals surface area contributed by atoms with Crippen molar-refractivity contribution in [1.29, 1.82) is 0 Å². The van der Waals surface area contributed by atoms with Gasteiger partial charge in [-0.05, 0) is 55.5 Å². The Balaban J connectivity index is 1.46. The number of hydrogen-bond donors (Lipinski definition) is 1. The fourth-order valence-corrected chi connectivity index (χ4v) is 5.21. The van der Waals surface area contributed by atoms with Crippen molar-refractivity contribution in [1.82, 2.24) is 19.7 Å². The van der Waals surface area contributed by atoms with Gasteiger partial charge >= 0.3 is 0 Å². The van der Waals surface area contributed by atoms with Gasteiger partial charge in [0.2, 0.25) is 5.91 Å². The van der Waals surface area contributed by atoms with Crippen LogP contribution in [0.4, 0.5) is 5.69 Å². The standard InChI is InChI=1S/C28H33N5O2S/c1-5-15-33-26(24-10-7-16-32(24)27(35)22-9-6-8-20(4)17-22)30-31-28(33)36-18-25(34)29-23-13-11-21(12-14-23)19(2)3/h5-6,8-9,11-14,17,19,24H,1,7,10,15-16,18H2,2-4H3,(H,29,34). The fraction of sp³-hybridized carbons (Fsp3) is 0.357. The number of carbonyl (C=O) groups is 2. The molecule has 1 aliphatic heterocycles. The smallest absolute Gasteiger partial charge is 0.254 e. The largest absolute Gasteiger partial charge is 0.328 e. The molecule has 2 heterocycles. The molecule has 0 spiro atoms. The third-order valence-electron chi connectivity index (χ3n) is 6.33. The number of carbonyl (C=O) groups excluding carboxylic acids is 2. The van der Waals surface area contributed by atoms with Gasteiger partial charge in [-0.25, -0.2) is 0 Å². The lowest BCUT2D eigenvalue weighted by atomic mass is 10.0. The second kappa shape index (κ2) is 11.6. The third-order valence-corrected chi connectivity index (χ3v) is 7.29. The fourth-order valence-electron chi connectivity index (χ4n) is 4.45. The summed E-state index contributed by atoms with van der Waals surface area (Å²) >= 11 is 1.34. The van der Waals surface area contributed by atoms with Crippen LogP contribution < -0.4 is 5.32 Å². The van der Waals surface area contributed by atoms with E-state index in [-0.39, 0.29) is 23.6 Å². The van der Waals surface area contributed by atoms with E-state index >= 15 is 0 Å². The van der Waals surface area contributed by atoms with Gasteiger partial charge in [0.1, 0.15) is 0 Å². The summed E-state index contributed by atoms with van der Waals surface area (Å²) in [7, 11) is 0. The molecule has 1 saturated heterocycles. The number of nitrogens with zero attached hydrogens (tertiary/aromatic N) is 4. The van der Waals surface area contributed by atoms with Crippen LogP contribution >= 0.6 is 11.8 Å². The molecule has 1 unspecified atom stereocenters. The van der Waals surface area contributed by atoms with Gasteiger partial charge in [0, 0.05) is 24.3 Å². The van der Waals surface area contributed by atoms with Crippen LogP contribution in [-0.4, -0.2) is 43.8 Å². The summed E-state index contributed by atoms with van der Waals surface area (Å²) in [6.45, 7) is 11.3. The number of aryl methyl sites for hydroxylation is 1. The van der Waals surface area contributed by atoms with Crippen LogP contribution in [0.25, 0.3) is 0 Å². The molecule has 0 radical (unpaired) electrons. The van der Waals surface area contributed by atoms with Gasteiger partial charge in [0.15, 0.2) is 11.0 Å². The number of anilines is 1. The normalized spacial score (nSPS) is 15.3. The van der Waals surface area contributed by atoms with Crippen molar-refractivity contribution >= 4 is 29.3 Å². The Morgan fingerprint density at radius 3 is 2.67 bits per heavy atom. The minimum atomic E-state index is -0.159. The molecule has 2 amide bonds. The molecule has 0 saturated carbocycles. The van der Waals surface area contributed by atoms with E-state index in [4.69, 9.17) is 0 Å². The van der Waals surface area contributed by atoms with Crippen LogP contribution in [0.1, 0.15) is 66.0 Å². The van der Waals surface area contributed by atoms with Crippen molar-refractivity contribution in [3.8, 4) is 0 Å². The summed E-state index contributed by atoms with van der Waals surface area (Å²) in [5.41, 5.74) is 3.74. The van der Waals surface area contributed by atoms with E-state index in [2.05, 4.69) is 35.9 Å². The summed E-state index contributed by atoms with van der Waals surface area (Å²) in [4.78, 5) is 27.8. The summed E-state index contributed by atoms with van der Waals surface area (Å²) in [5.74, 6) is 1.28. The van der Waals surface area contributed by atoms with Crippen molar-refractivity contribution in [2.75, 3.05) is 17.6 Å². The van der Waals surface area contributed by atoms with E-state index in [0.29, 0.717) is 29.7 Å². The van der Waals surface area contributed by atoms with Gasteiger partial charge in [-0.1, -0.05) is 61.5 Å². The van der Waals surface area contributed by atoms with Crippen LogP contribution in [-0.2, 0) is 11.3 Å². The minimum absolute atomic E-state index is 0.00594. The van der Waals surface area contributed by atoms with Crippen LogP contribution in [0, 0.1) is 6.92 Å². The summed E-state index contributed by atoms with van der Waals surface area (Å²) in [6, 6.07) is 15.4. The molecule has 1 fully saturated rings. The molecule has 0 bridgehead atoms. The Morgan fingerprint density at radius 1 is 1.19 bits per heavy atom. The number of aromatic nitrogens is 3. The Hall–Kier alpha value is -3.39. The lowest BCUT2D eigenvalue weighted by molar-refractivity contribution is -0.113. The topological polar surface area (TPSA) is 80.1 Å². The van der Waals surface area contributed by atoms with Gasteiger partial charge in [0.25, 0.3) is 5.91 Å². The van der Waals surface area contributed by atoms with Gasteiger partial charge in [-0.15, -0.1) is 16.8 Å². The lowest BCUT2D eigenvalue weighted by Gasteiger charge is -2.25. The van der Waals surface area contributed by atoms with Gasteiger partial charge in [-0.3, -0.25) is 9.59 Å². The molecule has 1 aromatic heterocycles. The number of amides is 2. The Morgan fingerprint density at radius 2 is 1.97 bits per heavy atom. The van der Waals surface area contributed by atoms with Gasteiger partial charge in [-0.2, -0.15) is 0 Å². The number of rotatable bonds is 9. The average Bonchev–Trinajstić information content (AvgIpc) is 3.50. The predicted molar refractivity (Wildman–Crippen MR) is 144 cm³/mol. The van der Waals surface area contributed by atoms with E-state index < -0.39 is 0 Å². The maximum atomic E-state index is 13.3. The van der Waals surface area contributed by atoms with E-state index in [9.17, 15) is 9.59 Å². The minimum Gasteiger partial charge on any atom is -0.328 e. The number of allylic oxidation sites excluding steroid dienone is 1. The zero-order valence-electron chi connectivity index (χ0n) is 21.1. The zero-order chi connectivity index (χ0) is 25.7. The third kappa shape index (κ3) is 5.87. The molecule has 1 N–H and O–H groups in total. The molecule has 1 atom stereocenters. The molecular formula is C28H33N5O2S.